The number of benzene rings is 1. The van der Waals surface area contributed by atoms with Crippen LogP contribution in [-0.4, -0.2) is 18.2 Å². The molecule has 1 rings (SSSR count). The van der Waals surface area contributed by atoms with Crippen molar-refractivity contribution in [3.8, 4) is 5.75 Å². The number of ether oxygens (including phenoxy) is 1. The van der Waals surface area contributed by atoms with Crippen molar-refractivity contribution in [1.29, 1.82) is 0 Å². The SMILES string of the molecule is CCCC(CBr)COc1ccc(SC)cc1. The Kier molecular flexibility index (Phi) is 6.97. The smallest absolute Gasteiger partial charge is 0.119 e. The lowest BCUT2D eigenvalue weighted by Crippen LogP contribution is -2.13. The molecular weight excluding hydrogens is 284 g/mol. The molecule has 0 heterocycles. The van der Waals surface area contributed by atoms with E-state index in [2.05, 4.69) is 41.2 Å². The summed E-state index contributed by atoms with van der Waals surface area (Å²) >= 11 is 5.28. The summed E-state index contributed by atoms with van der Waals surface area (Å²) < 4.78 is 5.77. The normalized spacial score (nSPS) is 12.4. The summed E-state index contributed by atoms with van der Waals surface area (Å²) in [5.41, 5.74) is 0. The average molecular weight is 303 g/mol. The largest absolute Gasteiger partial charge is 0.493 e. The minimum Gasteiger partial charge on any atom is -0.493 e. The van der Waals surface area contributed by atoms with Crippen LogP contribution in [-0.2, 0) is 0 Å². The average Bonchev–Trinajstić information content (AvgIpc) is 2.35. The maximum Gasteiger partial charge on any atom is 0.119 e. The molecule has 16 heavy (non-hydrogen) atoms. The minimum atomic E-state index is 0.616. The number of alkyl halides is 1. The topological polar surface area (TPSA) is 9.23 Å². The minimum absolute atomic E-state index is 0.616. The van der Waals surface area contributed by atoms with Crippen LogP contribution in [0.1, 0.15) is 19.8 Å². The van der Waals surface area contributed by atoms with E-state index in [4.69, 9.17) is 4.74 Å². The second kappa shape index (κ2) is 8.02. The first-order valence-corrected chi connectivity index (χ1v) is 7.97. The van der Waals surface area contributed by atoms with E-state index in [0.29, 0.717) is 5.92 Å². The predicted octanol–water partition coefficient (Wildman–Crippen LogP) is 4.60. The maximum absolute atomic E-state index is 5.77. The molecule has 3 heteroatoms. The van der Waals surface area contributed by atoms with Gasteiger partial charge >= 0.3 is 0 Å². The summed E-state index contributed by atoms with van der Waals surface area (Å²) in [5.74, 6) is 1.59. The maximum atomic E-state index is 5.77. The van der Waals surface area contributed by atoms with Crippen molar-refractivity contribution in [2.45, 2.75) is 24.7 Å². The van der Waals surface area contributed by atoms with Crippen LogP contribution in [0.3, 0.4) is 0 Å². The monoisotopic (exact) mass is 302 g/mol. The van der Waals surface area contributed by atoms with Gasteiger partial charge in [0.15, 0.2) is 0 Å². The van der Waals surface area contributed by atoms with Crippen LogP contribution in [0.15, 0.2) is 29.2 Å². The molecule has 0 amide bonds. The molecule has 1 aromatic rings. The third-order valence-electron chi connectivity index (χ3n) is 2.46. The van der Waals surface area contributed by atoms with E-state index in [1.54, 1.807) is 11.8 Å². The van der Waals surface area contributed by atoms with Crippen molar-refractivity contribution in [1.82, 2.24) is 0 Å². The number of thioether (sulfide) groups is 1. The van der Waals surface area contributed by atoms with E-state index in [1.165, 1.54) is 17.7 Å². The van der Waals surface area contributed by atoms with Crippen molar-refractivity contribution in [2.24, 2.45) is 5.92 Å². The van der Waals surface area contributed by atoms with Crippen molar-refractivity contribution in [3.05, 3.63) is 24.3 Å². The molecule has 1 atom stereocenters. The van der Waals surface area contributed by atoms with Gasteiger partial charge < -0.3 is 4.74 Å². The summed E-state index contributed by atoms with van der Waals surface area (Å²) in [7, 11) is 0. The van der Waals surface area contributed by atoms with Crippen LogP contribution < -0.4 is 4.74 Å². The van der Waals surface area contributed by atoms with Gasteiger partial charge in [-0.2, -0.15) is 0 Å². The van der Waals surface area contributed by atoms with E-state index in [1.807, 2.05) is 12.1 Å². The zero-order chi connectivity index (χ0) is 11.8. The molecule has 90 valence electrons. The van der Waals surface area contributed by atoms with E-state index < -0.39 is 0 Å². The molecule has 0 aliphatic rings. The summed E-state index contributed by atoms with van der Waals surface area (Å²) in [4.78, 5) is 1.28. The van der Waals surface area contributed by atoms with E-state index >= 15 is 0 Å². The first-order chi connectivity index (χ1) is 7.80. The Morgan fingerprint density at radius 3 is 2.50 bits per heavy atom. The van der Waals surface area contributed by atoms with Crippen molar-refractivity contribution >= 4 is 27.7 Å². The Morgan fingerprint density at radius 2 is 2.00 bits per heavy atom. The van der Waals surface area contributed by atoms with Gasteiger partial charge in [-0.1, -0.05) is 29.3 Å². The second-order valence-electron chi connectivity index (χ2n) is 3.80. The first-order valence-electron chi connectivity index (χ1n) is 5.63. The highest BCUT2D eigenvalue weighted by atomic mass is 79.9. The molecule has 1 unspecified atom stereocenters. The van der Waals surface area contributed by atoms with Crippen molar-refractivity contribution in [2.75, 3.05) is 18.2 Å². The number of hydrogen-bond acceptors (Lipinski definition) is 2. The molecule has 0 N–H and O–H groups in total. The molecule has 0 spiro atoms. The zero-order valence-electron chi connectivity index (χ0n) is 9.91. The Balaban J connectivity index is 2.40. The van der Waals surface area contributed by atoms with Gasteiger partial charge in [0.2, 0.25) is 0 Å². The molecule has 1 nitrogen and oxygen atoms in total. The molecule has 0 saturated carbocycles. The number of hydrogen-bond donors (Lipinski definition) is 0. The second-order valence-corrected chi connectivity index (χ2v) is 5.32. The lowest BCUT2D eigenvalue weighted by Gasteiger charge is -2.14. The van der Waals surface area contributed by atoms with Gasteiger partial charge in [0, 0.05) is 16.1 Å². The Labute approximate surface area is 111 Å². The highest BCUT2D eigenvalue weighted by molar-refractivity contribution is 9.09. The molecule has 0 bridgehead atoms. The Morgan fingerprint density at radius 1 is 1.31 bits per heavy atom. The van der Waals surface area contributed by atoms with E-state index in [-0.39, 0.29) is 0 Å². The van der Waals surface area contributed by atoms with Crippen LogP contribution in [0.5, 0.6) is 5.75 Å². The highest BCUT2D eigenvalue weighted by Gasteiger charge is 2.06. The fourth-order valence-corrected chi connectivity index (χ4v) is 2.42. The molecule has 0 fully saturated rings. The Hall–Kier alpha value is -0.150. The molecule has 0 aliphatic heterocycles. The quantitative estimate of drug-likeness (QED) is 0.538. The van der Waals surface area contributed by atoms with Gasteiger partial charge in [0.05, 0.1) is 6.61 Å². The summed E-state index contributed by atoms with van der Waals surface area (Å²) in [5, 5.41) is 1.02. The summed E-state index contributed by atoms with van der Waals surface area (Å²) in [6, 6.07) is 8.29. The van der Waals surface area contributed by atoms with Gasteiger partial charge in [-0.25, -0.2) is 0 Å². The number of rotatable bonds is 7. The number of halogens is 1. The van der Waals surface area contributed by atoms with Crippen LogP contribution >= 0.6 is 27.7 Å². The standard InChI is InChI=1S/C13H19BrOS/c1-3-4-11(9-14)10-15-12-5-7-13(16-2)8-6-12/h5-8,11H,3-4,9-10H2,1-2H3. The lowest BCUT2D eigenvalue weighted by molar-refractivity contribution is 0.255. The molecule has 0 aliphatic carbocycles. The van der Waals surface area contributed by atoms with Gasteiger partial charge in [-0.05, 0) is 36.9 Å². The van der Waals surface area contributed by atoms with Gasteiger partial charge in [0.1, 0.15) is 5.75 Å². The van der Waals surface area contributed by atoms with E-state index in [9.17, 15) is 0 Å². The van der Waals surface area contributed by atoms with Gasteiger partial charge in [-0.3, -0.25) is 0 Å². The first kappa shape index (κ1) is 13.9. The predicted molar refractivity (Wildman–Crippen MR) is 75.9 cm³/mol. The molecule has 0 radical (unpaired) electrons. The highest BCUT2D eigenvalue weighted by Crippen LogP contribution is 2.20. The fraction of sp³-hybridized carbons (Fsp3) is 0.538. The molecule has 0 saturated heterocycles. The Bertz CT molecular complexity index is 286. The third-order valence-corrected chi connectivity index (χ3v) is 4.12. The summed E-state index contributed by atoms with van der Waals surface area (Å²) in [6.07, 6.45) is 4.51. The molecule has 1 aromatic carbocycles. The molecular formula is C13H19BrOS. The third kappa shape index (κ3) is 4.79. The van der Waals surface area contributed by atoms with Gasteiger partial charge in [-0.15, -0.1) is 11.8 Å². The van der Waals surface area contributed by atoms with Crippen molar-refractivity contribution < 1.29 is 4.74 Å². The van der Waals surface area contributed by atoms with Crippen LogP contribution in [0.2, 0.25) is 0 Å². The molecule has 0 aromatic heterocycles. The van der Waals surface area contributed by atoms with Gasteiger partial charge in [0.25, 0.3) is 0 Å². The van der Waals surface area contributed by atoms with E-state index in [0.717, 1.165) is 17.7 Å². The lowest BCUT2D eigenvalue weighted by atomic mass is 10.1. The van der Waals surface area contributed by atoms with Crippen molar-refractivity contribution in [3.63, 3.8) is 0 Å². The zero-order valence-corrected chi connectivity index (χ0v) is 12.3. The van der Waals surface area contributed by atoms with Crippen LogP contribution in [0.4, 0.5) is 0 Å². The fourth-order valence-electron chi connectivity index (χ4n) is 1.50. The van der Waals surface area contributed by atoms with Crippen LogP contribution in [0, 0.1) is 5.92 Å². The summed E-state index contributed by atoms with van der Waals surface area (Å²) in [6.45, 7) is 3.01. The van der Waals surface area contributed by atoms with Crippen LogP contribution in [0.25, 0.3) is 0 Å².